The van der Waals surface area contributed by atoms with Crippen LogP contribution < -0.4 is 20.7 Å². The number of benzene rings is 4. The second kappa shape index (κ2) is 16.1. The van der Waals surface area contributed by atoms with Gasteiger partial charge in [0, 0.05) is 11.8 Å². The van der Waals surface area contributed by atoms with Crippen molar-refractivity contribution in [1.82, 2.24) is 0 Å². The molecule has 0 aromatic heterocycles. The molecule has 0 bridgehead atoms. The second-order valence-corrected chi connectivity index (χ2v) is 25.9. The van der Waals surface area contributed by atoms with E-state index in [-0.39, 0.29) is 34.0 Å². The van der Waals surface area contributed by atoms with Gasteiger partial charge in [-0.15, -0.1) is 0 Å². The van der Waals surface area contributed by atoms with Gasteiger partial charge in [-0.3, -0.25) is 0 Å². The molecular formula is C46H58N2O4Si2. The van der Waals surface area contributed by atoms with Crippen molar-refractivity contribution in [3.8, 4) is 0 Å². The molecule has 0 unspecified atom stereocenters. The van der Waals surface area contributed by atoms with Gasteiger partial charge in [0.2, 0.25) is 0 Å². The third kappa shape index (κ3) is 7.55. The fraction of sp³-hybridized carbons (Fsp3) is 0.435. The molecule has 2 heterocycles. The summed E-state index contributed by atoms with van der Waals surface area (Å²) in [6.07, 6.45) is 4.36. The smallest absolute Gasteiger partial charge is 0.261 e. The molecule has 3 aliphatic rings. The number of hydrogen-bond donors (Lipinski definition) is 0. The van der Waals surface area contributed by atoms with Crippen LogP contribution in [0.15, 0.2) is 131 Å². The molecule has 0 N–H and O–H groups in total. The second-order valence-electron chi connectivity index (χ2n) is 17.3. The first kappa shape index (κ1) is 38.4. The molecule has 1 aliphatic carbocycles. The van der Waals surface area contributed by atoms with E-state index < -0.39 is 16.6 Å². The minimum atomic E-state index is -2.67. The highest BCUT2D eigenvalue weighted by Crippen LogP contribution is 2.40. The van der Waals surface area contributed by atoms with Crippen LogP contribution in [0.25, 0.3) is 0 Å². The zero-order valence-corrected chi connectivity index (χ0v) is 35.0. The van der Waals surface area contributed by atoms with Gasteiger partial charge < -0.3 is 18.3 Å². The van der Waals surface area contributed by atoms with E-state index in [1.807, 2.05) is 0 Å². The Morgan fingerprint density at radius 2 is 0.796 bits per heavy atom. The fourth-order valence-electron chi connectivity index (χ4n) is 9.14. The lowest BCUT2D eigenvalue weighted by molar-refractivity contribution is 0.209. The van der Waals surface area contributed by atoms with Crippen LogP contribution in [0.3, 0.4) is 0 Å². The van der Waals surface area contributed by atoms with E-state index in [4.69, 9.17) is 28.3 Å². The Kier molecular flexibility index (Phi) is 11.5. The molecule has 1 saturated carbocycles. The summed E-state index contributed by atoms with van der Waals surface area (Å²) in [5.74, 6) is 2.03. The summed E-state index contributed by atoms with van der Waals surface area (Å²) in [6.45, 7) is 16.0. The quantitative estimate of drug-likeness (QED) is 0.140. The monoisotopic (exact) mass is 758 g/mol. The van der Waals surface area contributed by atoms with Crippen molar-refractivity contribution in [1.29, 1.82) is 0 Å². The minimum Gasteiger partial charge on any atom is -0.478 e. The summed E-state index contributed by atoms with van der Waals surface area (Å²) in [7, 11) is -5.34. The summed E-state index contributed by atoms with van der Waals surface area (Å²) in [5, 5.41) is 4.94. The third-order valence-electron chi connectivity index (χ3n) is 11.7. The van der Waals surface area contributed by atoms with Crippen molar-refractivity contribution in [2.24, 2.45) is 21.8 Å². The molecular weight excluding hydrogens is 701 g/mol. The van der Waals surface area contributed by atoms with Crippen LogP contribution in [0.2, 0.25) is 10.1 Å². The normalized spacial score (nSPS) is 22.3. The predicted octanol–water partition coefficient (Wildman–Crippen LogP) is 7.54. The van der Waals surface area contributed by atoms with Crippen molar-refractivity contribution in [3.63, 3.8) is 0 Å². The van der Waals surface area contributed by atoms with Crippen molar-refractivity contribution in [2.45, 2.75) is 89.4 Å². The lowest BCUT2D eigenvalue weighted by Crippen LogP contribution is -2.67. The van der Waals surface area contributed by atoms with Gasteiger partial charge in [0.25, 0.3) is 16.6 Å². The Morgan fingerprint density at radius 3 is 1.07 bits per heavy atom. The first-order chi connectivity index (χ1) is 26.0. The first-order valence-corrected chi connectivity index (χ1v) is 23.8. The molecule has 0 spiro atoms. The van der Waals surface area contributed by atoms with Gasteiger partial charge in [0.05, 0.1) is 13.2 Å². The van der Waals surface area contributed by atoms with Crippen molar-refractivity contribution in [2.75, 3.05) is 26.4 Å². The molecule has 4 atom stereocenters. The van der Waals surface area contributed by atoms with Crippen molar-refractivity contribution < 1.29 is 18.3 Å². The maximum atomic E-state index is 7.26. The van der Waals surface area contributed by atoms with Crippen LogP contribution in [0, 0.1) is 11.8 Å². The molecule has 4 aromatic carbocycles. The van der Waals surface area contributed by atoms with Crippen LogP contribution in [0.4, 0.5) is 0 Å². The van der Waals surface area contributed by atoms with Crippen LogP contribution >= 0.6 is 0 Å². The lowest BCUT2D eigenvalue weighted by Gasteiger charge is -2.43. The molecule has 1 fully saturated rings. The van der Waals surface area contributed by atoms with E-state index in [2.05, 4.69) is 163 Å². The molecule has 0 saturated heterocycles. The highest BCUT2D eigenvalue weighted by molar-refractivity contribution is 7.00. The maximum absolute atomic E-state index is 7.26. The average Bonchev–Trinajstić information content (AvgIpc) is 3.86. The van der Waals surface area contributed by atoms with E-state index in [9.17, 15) is 0 Å². The summed E-state index contributed by atoms with van der Waals surface area (Å²) >= 11 is 0. The highest BCUT2D eigenvalue weighted by Gasteiger charge is 2.52. The number of rotatable bonds is 12. The molecule has 0 radical (unpaired) electrons. The van der Waals surface area contributed by atoms with Gasteiger partial charge in [-0.1, -0.05) is 176 Å². The number of nitrogens with zero attached hydrogens (tertiary/aromatic N) is 2. The number of ether oxygens (including phenoxy) is 2. The van der Waals surface area contributed by atoms with Gasteiger partial charge in [0.15, 0.2) is 11.8 Å². The maximum Gasteiger partial charge on any atom is 0.261 e. The van der Waals surface area contributed by atoms with Gasteiger partial charge in [-0.25, -0.2) is 9.98 Å². The number of hydrogen-bond acceptors (Lipinski definition) is 6. The molecule has 2 aliphatic heterocycles. The summed E-state index contributed by atoms with van der Waals surface area (Å²) < 4.78 is 27.5. The third-order valence-corrected chi connectivity index (χ3v) is 21.7. The number of aliphatic imine (C=N–C) groups is 2. The predicted molar refractivity (Wildman–Crippen MR) is 227 cm³/mol. The standard InChI is InChI=1S/C46H58N2O4Si2/c1-45(2,3)53(37-21-11-7-12-22-37,38-23-13-8-14-24-38)51-33-35-31-49-43(47-35)41-29-19-20-30-42(41)44-48-36(32-50-44)34-52-54(46(4,5)6,39-25-15-9-16-26-39)40-27-17-10-18-28-40/h7-18,21-28,35-36,41-42H,19-20,29-34H2,1-6H3/t35-,36-,41-,42-/m1/s1. The SMILES string of the molecule is CC(C)(C)[Si](OC[C@H]1COC([C@@H]2CCCC[C@H]2C2=N[C@@H](CO[Si](c3ccccc3)(c3ccccc3)C(C)(C)C)CO2)=N1)(c1ccccc1)c1ccccc1. The van der Waals surface area contributed by atoms with Gasteiger partial charge in [0.1, 0.15) is 25.3 Å². The first-order valence-electron chi connectivity index (χ1n) is 19.9. The summed E-state index contributed by atoms with van der Waals surface area (Å²) in [4.78, 5) is 10.5. The van der Waals surface area contributed by atoms with Gasteiger partial charge >= 0.3 is 0 Å². The molecule has 6 nitrogen and oxygen atoms in total. The average molecular weight is 759 g/mol. The van der Waals surface area contributed by atoms with Crippen LogP contribution in [-0.4, -0.2) is 66.9 Å². The largest absolute Gasteiger partial charge is 0.478 e. The van der Waals surface area contributed by atoms with E-state index in [0.717, 1.165) is 37.5 Å². The lowest BCUT2D eigenvalue weighted by atomic mass is 9.79. The fourth-order valence-corrected chi connectivity index (χ4v) is 18.3. The molecule has 4 aromatic rings. The summed E-state index contributed by atoms with van der Waals surface area (Å²) in [6, 6.07) is 43.2. The molecule has 8 heteroatoms. The Hall–Kier alpha value is -3.83. The molecule has 0 amide bonds. The van der Waals surface area contributed by atoms with Gasteiger partial charge in [-0.2, -0.15) is 0 Å². The molecule has 284 valence electrons. The topological polar surface area (TPSA) is 61.6 Å². The van der Waals surface area contributed by atoms with Crippen molar-refractivity contribution in [3.05, 3.63) is 121 Å². The minimum absolute atomic E-state index is 0.0525. The Labute approximate surface area is 325 Å². The van der Waals surface area contributed by atoms with E-state index in [1.54, 1.807) is 0 Å². The van der Waals surface area contributed by atoms with Crippen LogP contribution in [0.1, 0.15) is 67.2 Å². The van der Waals surface area contributed by atoms with E-state index in [0.29, 0.717) is 26.4 Å². The Balaban J connectivity index is 1.09. The zero-order chi connectivity index (χ0) is 37.8. The molecule has 7 rings (SSSR count). The van der Waals surface area contributed by atoms with Crippen LogP contribution in [-0.2, 0) is 18.3 Å². The summed E-state index contributed by atoms with van der Waals surface area (Å²) in [5.41, 5.74) is 0. The van der Waals surface area contributed by atoms with E-state index >= 15 is 0 Å². The molecule has 54 heavy (non-hydrogen) atoms. The zero-order valence-electron chi connectivity index (χ0n) is 33.0. The Morgan fingerprint density at radius 1 is 0.500 bits per heavy atom. The highest BCUT2D eigenvalue weighted by atomic mass is 28.4. The Bertz CT molecular complexity index is 1660. The van der Waals surface area contributed by atoms with Crippen LogP contribution in [0.5, 0.6) is 0 Å². The van der Waals surface area contributed by atoms with Gasteiger partial charge in [-0.05, 0) is 43.7 Å². The van der Waals surface area contributed by atoms with E-state index in [1.165, 1.54) is 20.7 Å². The van der Waals surface area contributed by atoms with Crippen molar-refractivity contribution >= 4 is 49.2 Å².